The number of piperidine rings is 1. The number of amides is 3. The van der Waals surface area contributed by atoms with Crippen LogP contribution in [0, 0.1) is 18.6 Å². The molecule has 3 aromatic rings. The van der Waals surface area contributed by atoms with Crippen LogP contribution >= 0.6 is 0 Å². The summed E-state index contributed by atoms with van der Waals surface area (Å²) in [7, 11) is -3.65. The van der Waals surface area contributed by atoms with Crippen molar-refractivity contribution in [3.05, 3.63) is 77.0 Å². The number of nitrogens with zero attached hydrogens (tertiary/aromatic N) is 4. The maximum atomic E-state index is 14.5. The number of sulfonamides is 1. The van der Waals surface area contributed by atoms with Gasteiger partial charge in [-0.25, -0.2) is 27.0 Å². The Kier molecular flexibility index (Phi) is 10.9. The van der Waals surface area contributed by atoms with E-state index in [1.54, 1.807) is 23.1 Å². The molecule has 0 unspecified atom stereocenters. The van der Waals surface area contributed by atoms with Crippen LogP contribution in [0.2, 0.25) is 0 Å². The molecule has 0 radical (unpaired) electrons. The van der Waals surface area contributed by atoms with Gasteiger partial charge < -0.3 is 25.8 Å². The van der Waals surface area contributed by atoms with Gasteiger partial charge in [-0.1, -0.05) is 19.4 Å². The van der Waals surface area contributed by atoms with Gasteiger partial charge in [0.15, 0.2) is 0 Å². The lowest BCUT2D eigenvalue weighted by Gasteiger charge is -2.38. The van der Waals surface area contributed by atoms with E-state index in [-0.39, 0.29) is 29.7 Å². The number of aromatic nitrogens is 1. The number of benzene rings is 2. The number of β-amino-alcohol motifs (C(OH)–C–C–N with tert-alkyl or cyclic N) is 1. The third-order valence-corrected chi connectivity index (χ3v) is 10.5. The number of ether oxygens (including phenoxy) is 1. The molecule has 0 atom stereocenters. The minimum absolute atomic E-state index is 0.0886. The van der Waals surface area contributed by atoms with E-state index in [0.717, 1.165) is 30.2 Å². The highest BCUT2D eigenvalue weighted by molar-refractivity contribution is 7.89. The topological polar surface area (TPSA) is 158 Å². The molecule has 0 bridgehead atoms. The zero-order valence-corrected chi connectivity index (χ0v) is 27.7. The summed E-state index contributed by atoms with van der Waals surface area (Å²) in [6, 6.07) is 10.6. The number of carbonyl (C=O) groups excluding carboxylic acids is 2. The first-order chi connectivity index (χ1) is 22.8. The molecule has 5 rings (SSSR count). The van der Waals surface area contributed by atoms with Crippen molar-refractivity contribution in [3.8, 4) is 11.6 Å². The zero-order chi connectivity index (χ0) is 34.6. The smallest absolute Gasteiger partial charge is 0.322 e. The third kappa shape index (κ3) is 8.09. The van der Waals surface area contributed by atoms with Crippen LogP contribution in [0.1, 0.15) is 54.2 Å². The fourth-order valence-electron chi connectivity index (χ4n) is 5.78. The predicted molar refractivity (Wildman–Crippen MR) is 174 cm³/mol. The molecule has 4 N–H and O–H groups in total. The van der Waals surface area contributed by atoms with E-state index in [4.69, 9.17) is 10.5 Å². The summed E-state index contributed by atoms with van der Waals surface area (Å²) in [4.78, 5) is 33.5. The van der Waals surface area contributed by atoms with Crippen molar-refractivity contribution in [2.24, 2.45) is 5.73 Å². The molecule has 0 spiro atoms. The highest BCUT2D eigenvalue weighted by Crippen LogP contribution is 2.28. The molecule has 2 aliphatic heterocycles. The fourth-order valence-corrected chi connectivity index (χ4v) is 7.30. The number of aryl methyl sites for hydroxylation is 1. The maximum absolute atomic E-state index is 14.5. The lowest BCUT2D eigenvalue weighted by atomic mass is 10.0. The molecule has 0 aliphatic carbocycles. The van der Waals surface area contributed by atoms with E-state index in [1.165, 1.54) is 16.4 Å². The van der Waals surface area contributed by atoms with Gasteiger partial charge in [0.1, 0.15) is 17.4 Å². The lowest BCUT2D eigenvalue weighted by molar-refractivity contribution is 0.0548. The van der Waals surface area contributed by atoms with E-state index < -0.39 is 45.3 Å². The van der Waals surface area contributed by atoms with Gasteiger partial charge in [0.05, 0.1) is 22.3 Å². The number of aliphatic hydroxyl groups excluding tert-OH is 1. The Balaban J connectivity index is 1.16. The summed E-state index contributed by atoms with van der Waals surface area (Å²) < 4.78 is 60.7. The van der Waals surface area contributed by atoms with E-state index in [1.807, 2.05) is 19.9 Å². The van der Waals surface area contributed by atoms with Crippen molar-refractivity contribution in [3.63, 3.8) is 0 Å². The number of nitrogens with two attached hydrogens (primary N) is 1. The Morgan fingerprint density at radius 1 is 1.08 bits per heavy atom. The lowest BCUT2D eigenvalue weighted by Crippen LogP contribution is -2.53. The van der Waals surface area contributed by atoms with E-state index in [9.17, 15) is 31.9 Å². The number of rotatable bonds is 12. The average Bonchev–Trinajstić information content (AvgIpc) is 3.03. The molecule has 2 fully saturated rings. The second-order valence-corrected chi connectivity index (χ2v) is 14.0. The van der Waals surface area contributed by atoms with Crippen molar-refractivity contribution < 1.29 is 36.6 Å². The van der Waals surface area contributed by atoms with Gasteiger partial charge in [-0.15, -0.1) is 0 Å². The van der Waals surface area contributed by atoms with E-state index in [2.05, 4.69) is 15.2 Å². The Morgan fingerprint density at radius 2 is 1.77 bits per heavy atom. The van der Waals surface area contributed by atoms with E-state index in [0.29, 0.717) is 56.7 Å². The second kappa shape index (κ2) is 14.9. The first kappa shape index (κ1) is 35.1. The number of urea groups is 1. The zero-order valence-electron chi connectivity index (χ0n) is 26.9. The van der Waals surface area contributed by atoms with Crippen LogP contribution in [0.25, 0.3) is 0 Å². The van der Waals surface area contributed by atoms with Crippen molar-refractivity contribution in [1.82, 2.24) is 19.1 Å². The van der Waals surface area contributed by atoms with Gasteiger partial charge in [0.25, 0.3) is 5.91 Å². The number of pyridine rings is 1. The SMILES string of the molecule is CCCCN(C(=O)Nc1cc(C(N)=O)c(F)cc1F)C1CCN(Cc2ccc(Oc3ccc(S(=O)(=O)N4CC(O)C4)cc3)nc2C)CC1. The maximum Gasteiger partial charge on any atom is 0.322 e. The largest absolute Gasteiger partial charge is 0.439 e. The Labute approximate surface area is 278 Å². The summed E-state index contributed by atoms with van der Waals surface area (Å²) in [5.41, 5.74) is 6.18. The van der Waals surface area contributed by atoms with Gasteiger partial charge in [0, 0.05) is 63.1 Å². The number of anilines is 1. The van der Waals surface area contributed by atoms with Gasteiger partial charge >= 0.3 is 6.03 Å². The molecule has 48 heavy (non-hydrogen) atoms. The monoisotopic (exact) mass is 686 g/mol. The van der Waals surface area contributed by atoms with Crippen molar-refractivity contribution in [1.29, 1.82) is 0 Å². The van der Waals surface area contributed by atoms with Crippen molar-refractivity contribution in [2.45, 2.75) is 63.1 Å². The van der Waals surface area contributed by atoms with Crippen LogP contribution in [0.5, 0.6) is 11.6 Å². The molecule has 2 saturated heterocycles. The standard InChI is InChI=1S/C33H40F2N6O6S/c1-3-4-13-41(33(44)38-30-16-27(32(36)43)28(34)17-29(30)35)23-11-14-39(15-12-23)18-22-5-10-31(37-21(22)2)47-25-6-8-26(9-7-25)48(45,46)40-19-24(42)20-40/h5-10,16-17,23-24,42H,3-4,11-15,18-20H2,1-2H3,(H2,36,43)(H,38,44). The Hall–Kier alpha value is -4.18. The predicted octanol–water partition coefficient (Wildman–Crippen LogP) is 4.22. The van der Waals surface area contributed by atoms with Gasteiger partial charge in [-0.2, -0.15) is 4.31 Å². The molecule has 0 saturated carbocycles. The van der Waals surface area contributed by atoms with E-state index >= 15 is 0 Å². The van der Waals surface area contributed by atoms with Gasteiger partial charge in [-0.3, -0.25) is 9.69 Å². The highest BCUT2D eigenvalue weighted by Gasteiger charge is 2.35. The fraction of sp³-hybridized carbons (Fsp3) is 0.424. The van der Waals surface area contributed by atoms with Crippen LogP contribution in [0.3, 0.4) is 0 Å². The molecule has 3 heterocycles. The summed E-state index contributed by atoms with van der Waals surface area (Å²) in [6.45, 7) is 6.60. The molecular formula is C33H40F2N6O6S. The molecule has 3 amide bonds. The van der Waals surface area contributed by atoms with Crippen molar-refractivity contribution in [2.75, 3.05) is 38.0 Å². The first-order valence-electron chi connectivity index (χ1n) is 15.9. The molecule has 2 aliphatic rings. The molecule has 2 aromatic carbocycles. The average molecular weight is 687 g/mol. The van der Waals surface area contributed by atoms with Crippen LogP contribution in [0.15, 0.2) is 53.4 Å². The highest BCUT2D eigenvalue weighted by atomic mass is 32.2. The van der Waals surface area contributed by atoms with Crippen LogP contribution < -0.4 is 15.8 Å². The van der Waals surface area contributed by atoms with Crippen LogP contribution in [0.4, 0.5) is 19.3 Å². The number of primary amides is 1. The quantitative estimate of drug-likeness (QED) is 0.256. The summed E-state index contributed by atoms with van der Waals surface area (Å²) in [6.07, 6.45) is 2.35. The minimum atomic E-state index is -3.65. The normalized spacial score (nSPS) is 16.4. The van der Waals surface area contributed by atoms with Crippen LogP contribution in [-0.4, -0.2) is 89.4 Å². The van der Waals surface area contributed by atoms with Gasteiger partial charge in [0.2, 0.25) is 15.9 Å². The Morgan fingerprint density at radius 3 is 2.38 bits per heavy atom. The van der Waals surface area contributed by atoms with Crippen molar-refractivity contribution >= 4 is 27.6 Å². The number of halogens is 2. The molecule has 258 valence electrons. The summed E-state index contributed by atoms with van der Waals surface area (Å²) >= 11 is 0. The number of carbonyl (C=O) groups is 2. The first-order valence-corrected chi connectivity index (χ1v) is 17.3. The minimum Gasteiger partial charge on any atom is -0.439 e. The second-order valence-electron chi connectivity index (χ2n) is 12.1. The molecule has 12 nitrogen and oxygen atoms in total. The number of hydrogen-bond acceptors (Lipinski definition) is 8. The number of nitrogens with one attached hydrogen (secondary N) is 1. The molecular weight excluding hydrogens is 646 g/mol. The number of aliphatic hydroxyl groups is 1. The Bertz CT molecular complexity index is 1750. The molecule has 1 aromatic heterocycles. The summed E-state index contributed by atoms with van der Waals surface area (Å²) in [5.74, 6) is -2.34. The third-order valence-electron chi connectivity index (χ3n) is 8.65. The van der Waals surface area contributed by atoms with Gasteiger partial charge in [-0.05, 0) is 62.1 Å². The number of unbranched alkanes of at least 4 members (excludes halogenated alkanes) is 1. The summed E-state index contributed by atoms with van der Waals surface area (Å²) in [5, 5.41) is 11.9. The van der Waals surface area contributed by atoms with Crippen LogP contribution in [-0.2, 0) is 16.6 Å². The number of likely N-dealkylation sites (tertiary alicyclic amines) is 1. The molecule has 15 heteroatoms. The number of hydrogen-bond donors (Lipinski definition) is 3.